The molecule has 98 valence electrons. The molecule has 0 radical (unpaired) electrons. The maximum Gasteiger partial charge on any atom is 0.123 e. The predicted molar refractivity (Wildman–Crippen MR) is 75.6 cm³/mol. The summed E-state index contributed by atoms with van der Waals surface area (Å²) in [5, 5.41) is 3.36. The molecule has 0 spiro atoms. The van der Waals surface area contributed by atoms with Crippen molar-refractivity contribution in [3.05, 3.63) is 71.5 Å². The first-order chi connectivity index (χ1) is 9.26. The fraction of sp³-hybridized carbons (Fsp3) is 0.294. The normalized spacial score (nSPS) is 16.9. The number of hydrogen-bond donors (Lipinski definition) is 1. The number of benzene rings is 2. The molecular formula is C17H18FN. The molecule has 3 rings (SSSR count). The van der Waals surface area contributed by atoms with Gasteiger partial charge in [-0.15, -0.1) is 0 Å². The van der Waals surface area contributed by atoms with E-state index in [1.165, 1.54) is 11.6 Å². The van der Waals surface area contributed by atoms with E-state index in [0.717, 1.165) is 31.5 Å². The van der Waals surface area contributed by atoms with Crippen molar-refractivity contribution in [2.24, 2.45) is 5.41 Å². The quantitative estimate of drug-likeness (QED) is 0.884. The van der Waals surface area contributed by atoms with Crippen LogP contribution < -0.4 is 5.32 Å². The largest absolute Gasteiger partial charge is 0.315 e. The summed E-state index contributed by atoms with van der Waals surface area (Å²) in [5.74, 6) is -0.139. The maximum absolute atomic E-state index is 13.3. The van der Waals surface area contributed by atoms with Crippen LogP contribution in [0.25, 0.3) is 0 Å². The molecule has 1 N–H and O–H groups in total. The van der Waals surface area contributed by atoms with E-state index < -0.39 is 0 Å². The van der Waals surface area contributed by atoms with Gasteiger partial charge < -0.3 is 5.32 Å². The summed E-state index contributed by atoms with van der Waals surface area (Å²) >= 11 is 0. The van der Waals surface area contributed by atoms with Crippen LogP contribution in [0.2, 0.25) is 0 Å². The Hall–Kier alpha value is -1.67. The second-order valence-electron chi connectivity index (χ2n) is 5.57. The molecule has 0 saturated carbocycles. The Morgan fingerprint density at radius 3 is 2.21 bits per heavy atom. The lowest BCUT2D eigenvalue weighted by molar-refractivity contribution is 0.166. The van der Waals surface area contributed by atoms with Gasteiger partial charge in [0.2, 0.25) is 0 Å². The van der Waals surface area contributed by atoms with Crippen molar-refractivity contribution in [1.29, 1.82) is 0 Å². The van der Waals surface area contributed by atoms with Gasteiger partial charge in [0, 0.05) is 18.5 Å². The standard InChI is InChI=1S/C17H18FN/c18-16-8-4-7-15(9-16)11-17(12-19-13-17)10-14-5-2-1-3-6-14/h1-9,19H,10-13H2. The molecule has 1 aliphatic rings. The molecule has 1 saturated heterocycles. The molecule has 2 aromatic rings. The van der Waals surface area contributed by atoms with E-state index in [1.54, 1.807) is 12.1 Å². The van der Waals surface area contributed by atoms with Gasteiger partial charge in [-0.25, -0.2) is 4.39 Å². The zero-order valence-corrected chi connectivity index (χ0v) is 10.9. The van der Waals surface area contributed by atoms with E-state index in [4.69, 9.17) is 0 Å². The van der Waals surface area contributed by atoms with Crippen LogP contribution in [0.15, 0.2) is 54.6 Å². The fourth-order valence-corrected chi connectivity index (χ4v) is 2.90. The van der Waals surface area contributed by atoms with Gasteiger partial charge in [-0.3, -0.25) is 0 Å². The minimum atomic E-state index is -0.139. The average molecular weight is 255 g/mol. The number of nitrogens with one attached hydrogen (secondary N) is 1. The predicted octanol–water partition coefficient (Wildman–Crippen LogP) is 3.20. The Bertz CT molecular complexity index is 546. The third-order valence-electron chi connectivity index (χ3n) is 3.89. The van der Waals surface area contributed by atoms with E-state index in [1.807, 2.05) is 12.1 Å². The Morgan fingerprint density at radius 2 is 1.58 bits per heavy atom. The lowest BCUT2D eigenvalue weighted by atomic mass is 9.72. The van der Waals surface area contributed by atoms with Gasteiger partial charge in [-0.2, -0.15) is 0 Å². The van der Waals surface area contributed by atoms with E-state index in [0.29, 0.717) is 0 Å². The first-order valence-electron chi connectivity index (χ1n) is 6.75. The molecule has 0 aliphatic carbocycles. The van der Waals surface area contributed by atoms with Crippen LogP contribution in [-0.4, -0.2) is 13.1 Å². The number of halogens is 1. The Labute approximate surface area is 113 Å². The first kappa shape index (κ1) is 12.4. The first-order valence-corrected chi connectivity index (χ1v) is 6.75. The van der Waals surface area contributed by atoms with Crippen LogP contribution in [0.1, 0.15) is 11.1 Å². The van der Waals surface area contributed by atoms with E-state index in [9.17, 15) is 4.39 Å². The van der Waals surface area contributed by atoms with E-state index >= 15 is 0 Å². The van der Waals surface area contributed by atoms with Gasteiger partial charge in [-0.05, 0) is 36.1 Å². The molecule has 0 atom stereocenters. The van der Waals surface area contributed by atoms with Crippen molar-refractivity contribution < 1.29 is 4.39 Å². The molecule has 19 heavy (non-hydrogen) atoms. The molecule has 1 aliphatic heterocycles. The average Bonchev–Trinajstić information content (AvgIpc) is 2.37. The molecule has 0 unspecified atom stereocenters. The molecule has 0 bridgehead atoms. The van der Waals surface area contributed by atoms with Crippen LogP contribution in [0.3, 0.4) is 0 Å². The van der Waals surface area contributed by atoms with Crippen molar-refractivity contribution >= 4 is 0 Å². The molecule has 0 amide bonds. The smallest absolute Gasteiger partial charge is 0.123 e. The topological polar surface area (TPSA) is 12.0 Å². The van der Waals surface area contributed by atoms with Crippen LogP contribution in [0.5, 0.6) is 0 Å². The minimum Gasteiger partial charge on any atom is -0.315 e. The highest BCUT2D eigenvalue weighted by Crippen LogP contribution is 2.32. The minimum absolute atomic E-state index is 0.139. The van der Waals surface area contributed by atoms with Crippen LogP contribution in [-0.2, 0) is 12.8 Å². The molecule has 1 fully saturated rings. The lowest BCUT2D eigenvalue weighted by Gasteiger charge is -2.43. The Morgan fingerprint density at radius 1 is 0.895 bits per heavy atom. The molecule has 0 aromatic heterocycles. The van der Waals surface area contributed by atoms with E-state index in [2.05, 4.69) is 29.6 Å². The molecule has 1 heterocycles. The second-order valence-corrected chi connectivity index (χ2v) is 5.57. The van der Waals surface area contributed by atoms with Crippen molar-refractivity contribution in [2.45, 2.75) is 12.8 Å². The van der Waals surface area contributed by atoms with Gasteiger partial charge in [0.15, 0.2) is 0 Å². The highest BCUT2D eigenvalue weighted by molar-refractivity contribution is 5.23. The molecular weight excluding hydrogens is 237 g/mol. The highest BCUT2D eigenvalue weighted by Gasteiger charge is 2.36. The monoisotopic (exact) mass is 255 g/mol. The molecule has 2 aromatic carbocycles. The Kier molecular flexibility index (Phi) is 3.34. The zero-order valence-electron chi connectivity index (χ0n) is 10.9. The van der Waals surface area contributed by atoms with Gasteiger partial charge in [-0.1, -0.05) is 42.5 Å². The van der Waals surface area contributed by atoms with Gasteiger partial charge >= 0.3 is 0 Å². The van der Waals surface area contributed by atoms with Crippen molar-refractivity contribution in [1.82, 2.24) is 5.32 Å². The van der Waals surface area contributed by atoms with Gasteiger partial charge in [0.1, 0.15) is 5.82 Å². The number of rotatable bonds is 4. The fourth-order valence-electron chi connectivity index (χ4n) is 2.90. The lowest BCUT2D eigenvalue weighted by Crippen LogP contribution is -2.56. The van der Waals surface area contributed by atoms with Crippen LogP contribution in [0.4, 0.5) is 4.39 Å². The van der Waals surface area contributed by atoms with Gasteiger partial charge in [0.25, 0.3) is 0 Å². The number of hydrogen-bond acceptors (Lipinski definition) is 1. The Balaban J connectivity index is 1.76. The SMILES string of the molecule is Fc1cccc(CC2(Cc3ccccc3)CNC2)c1. The third-order valence-corrected chi connectivity index (χ3v) is 3.89. The summed E-state index contributed by atoms with van der Waals surface area (Å²) in [7, 11) is 0. The summed E-state index contributed by atoms with van der Waals surface area (Å²) in [6, 6.07) is 17.5. The van der Waals surface area contributed by atoms with Crippen molar-refractivity contribution in [3.8, 4) is 0 Å². The van der Waals surface area contributed by atoms with Crippen molar-refractivity contribution in [3.63, 3.8) is 0 Å². The highest BCUT2D eigenvalue weighted by atomic mass is 19.1. The molecule has 1 nitrogen and oxygen atoms in total. The summed E-state index contributed by atoms with van der Waals surface area (Å²) in [5.41, 5.74) is 2.70. The van der Waals surface area contributed by atoms with Gasteiger partial charge in [0.05, 0.1) is 0 Å². The third kappa shape index (κ3) is 2.85. The summed E-state index contributed by atoms with van der Waals surface area (Å²) < 4.78 is 13.3. The summed E-state index contributed by atoms with van der Waals surface area (Å²) in [6.07, 6.45) is 1.99. The maximum atomic E-state index is 13.3. The zero-order chi connectivity index (χ0) is 13.1. The summed E-state index contributed by atoms with van der Waals surface area (Å²) in [4.78, 5) is 0. The van der Waals surface area contributed by atoms with E-state index in [-0.39, 0.29) is 11.2 Å². The van der Waals surface area contributed by atoms with Crippen molar-refractivity contribution in [2.75, 3.05) is 13.1 Å². The second kappa shape index (κ2) is 5.14. The summed E-state index contributed by atoms with van der Waals surface area (Å²) in [6.45, 7) is 2.02. The van der Waals surface area contributed by atoms with Crippen LogP contribution >= 0.6 is 0 Å². The molecule has 2 heteroatoms. The van der Waals surface area contributed by atoms with Crippen LogP contribution in [0, 0.1) is 11.2 Å².